The molecule has 0 bridgehead atoms. The van der Waals surface area contributed by atoms with Gasteiger partial charge < -0.3 is 10.2 Å². The van der Waals surface area contributed by atoms with Gasteiger partial charge in [0.25, 0.3) is 0 Å². The van der Waals surface area contributed by atoms with Crippen LogP contribution in [0.1, 0.15) is 24.5 Å². The molecule has 0 unspecified atom stereocenters. The lowest BCUT2D eigenvalue weighted by molar-refractivity contribution is -0.117. The molecule has 1 aliphatic rings. The highest BCUT2D eigenvalue weighted by molar-refractivity contribution is 6.33. The molecule has 0 aromatic heterocycles. The van der Waals surface area contributed by atoms with Gasteiger partial charge in [-0.05, 0) is 56.5 Å². The second kappa shape index (κ2) is 6.81. The standard InChI is InChI=1S/C19H20ClFN2O/c1-12-5-8-18-14(10-12)4-3-9-23(18)13(2)19(24)22-17-7-6-15(21)11-16(17)20/h5-8,10-11,13H,3-4,9H2,1-2H3,(H,22,24)/t13-/m0/s1. The van der Waals surface area contributed by atoms with Crippen LogP contribution in [0.2, 0.25) is 5.02 Å². The third kappa shape index (κ3) is 3.39. The molecule has 3 nitrogen and oxygen atoms in total. The summed E-state index contributed by atoms with van der Waals surface area (Å²) in [7, 11) is 0. The number of carbonyl (C=O) groups excluding carboxylic acids is 1. The monoisotopic (exact) mass is 346 g/mol. The van der Waals surface area contributed by atoms with Crippen molar-refractivity contribution in [3.05, 3.63) is 58.4 Å². The van der Waals surface area contributed by atoms with Gasteiger partial charge in [-0.2, -0.15) is 0 Å². The number of halogens is 2. The van der Waals surface area contributed by atoms with Crippen molar-refractivity contribution in [1.29, 1.82) is 0 Å². The number of hydrogen-bond donors (Lipinski definition) is 1. The minimum Gasteiger partial charge on any atom is -0.360 e. The predicted octanol–water partition coefficient (Wildman–Crippen LogP) is 4.57. The molecule has 2 aromatic rings. The lowest BCUT2D eigenvalue weighted by atomic mass is 9.98. The van der Waals surface area contributed by atoms with E-state index in [0.29, 0.717) is 5.69 Å². The van der Waals surface area contributed by atoms with Crippen LogP contribution in [0.4, 0.5) is 15.8 Å². The van der Waals surface area contributed by atoms with E-state index in [1.807, 2.05) is 6.92 Å². The van der Waals surface area contributed by atoms with E-state index < -0.39 is 5.82 Å². The number of fused-ring (bicyclic) bond motifs is 1. The van der Waals surface area contributed by atoms with Crippen LogP contribution in [0.3, 0.4) is 0 Å². The highest BCUT2D eigenvalue weighted by Crippen LogP contribution is 2.30. The average molecular weight is 347 g/mol. The molecule has 3 rings (SSSR count). The molecule has 1 atom stereocenters. The van der Waals surface area contributed by atoms with Gasteiger partial charge in [0.15, 0.2) is 0 Å². The third-order valence-corrected chi connectivity index (χ3v) is 4.74. The zero-order valence-electron chi connectivity index (χ0n) is 13.8. The molecule has 0 aliphatic carbocycles. The molecular weight excluding hydrogens is 327 g/mol. The fourth-order valence-electron chi connectivity index (χ4n) is 3.13. The summed E-state index contributed by atoms with van der Waals surface area (Å²) in [5, 5.41) is 3.00. The van der Waals surface area contributed by atoms with Gasteiger partial charge in [-0.1, -0.05) is 29.3 Å². The molecular formula is C19H20ClFN2O. The molecule has 1 heterocycles. The molecule has 1 amide bonds. The largest absolute Gasteiger partial charge is 0.360 e. The van der Waals surface area contributed by atoms with Gasteiger partial charge in [0.1, 0.15) is 11.9 Å². The smallest absolute Gasteiger partial charge is 0.246 e. The number of hydrogen-bond acceptors (Lipinski definition) is 2. The first-order valence-corrected chi connectivity index (χ1v) is 8.45. The Hall–Kier alpha value is -2.07. The predicted molar refractivity (Wildman–Crippen MR) is 96.3 cm³/mol. The summed E-state index contributed by atoms with van der Waals surface area (Å²) >= 11 is 5.99. The summed E-state index contributed by atoms with van der Waals surface area (Å²) < 4.78 is 13.1. The second-order valence-electron chi connectivity index (χ2n) is 6.22. The van der Waals surface area contributed by atoms with Crippen molar-refractivity contribution in [2.24, 2.45) is 0 Å². The van der Waals surface area contributed by atoms with Gasteiger partial charge in [0.05, 0.1) is 10.7 Å². The highest BCUT2D eigenvalue weighted by atomic mass is 35.5. The van der Waals surface area contributed by atoms with E-state index in [2.05, 4.69) is 35.3 Å². The highest BCUT2D eigenvalue weighted by Gasteiger charge is 2.26. The fourth-order valence-corrected chi connectivity index (χ4v) is 3.34. The molecule has 0 radical (unpaired) electrons. The summed E-state index contributed by atoms with van der Waals surface area (Å²) in [6, 6.07) is 9.95. The van der Waals surface area contributed by atoms with E-state index in [1.165, 1.54) is 29.3 Å². The van der Waals surface area contributed by atoms with Crippen LogP contribution in [0.5, 0.6) is 0 Å². The lowest BCUT2D eigenvalue weighted by Crippen LogP contribution is -2.44. The van der Waals surface area contributed by atoms with Crippen molar-refractivity contribution in [3.8, 4) is 0 Å². The van der Waals surface area contributed by atoms with E-state index in [9.17, 15) is 9.18 Å². The van der Waals surface area contributed by atoms with Crippen LogP contribution in [0.15, 0.2) is 36.4 Å². The molecule has 0 spiro atoms. The number of carbonyl (C=O) groups is 1. The van der Waals surface area contributed by atoms with E-state index in [0.717, 1.165) is 25.1 Å². The number of amides is 1. The molecule has 0 saturated carbocycles. The van der Waals surface area contributed by atoms with Gasteiger partial charge in [0, 0.05) is 12.2 Å². The van der Waals surface area contributed by atoms with Gasteiger partial charge in [-0.15, -0.1) is 0 Å². The summed E-state index contributed by atoms with van der Waals surface area (Å²) in [6.45, 7) is 4.79. The Kier molecular flexibility index (Phi) is 4.76. The van der Waals surface area contributed by atoms with Crippen molar-refractivity contribution < 1.29 is 9.18 Å². The quantitative estimate of drug-likeness (QED) is 0.883. The summed E-state index contributed by atoms with van der Waals surface area (Å²) in [4.78, 5) is 14.7. The number of benzene rings is 2. The fraction of sp³-hybridized carbons (Fsp3) is 0.316. The average Bonchev–Trinajstić information content (AvgIpc) is 2.55. The van der Waals surface area contributed by atoms with Gasteiger partial charge in [-0.25, -0.2) is 4.39 Å². The molecule has 0 fully saturated rings. The maximum atomic E-state index is 13.1. The maximum Gasteiger partial charge on any atom is 0.246 e. The maximum absolute atomic E-state index is 13.1. The van der Waals surface area contributed by atoms with Crippen LogP contribution in [0.25, 0.3) is 0 Å². The van der Waals surface area contributed by atoms with Crippen molar-refractivity contribution in [2.75, 3.05) is 16.8 Å². The Bertz CT molecular complexity index is 778. The van der Waals surface area contributed by atoms with Gasteiger partial charge >= 0.3 is 0 Å². The Balaban J connectivity index is 1.79. The zero-order chi connectivity index (χ0) is 17.3. The summed E-state index contributed by atoms with van der Waals surface area (Å²) in [6.07, 6.45) is 2.05. The Labute approximate surface area is 146 Å². The van der Waals surface area contributed by atoms with Crippen LogP contribution in [-0.4, -0.2) is 18.5 Å². The zero-order valence-corrected chi connectivity index (χ0v) is 14.5. The van der Waals surface area contributed by atoms with Crippen molar-refractivity contribution >= 4 is 28.9 Å². The van der Waals surface area contributed by atoms with Crippen LogP contribution in [-0.2, 0) is 11.2 Å². The van der Waals surface area contributed by atoms with E-state index >= 15 is 0 Å². The number of anilines is 2. The molecule has 1 aliphatic heterocycles. The van der Waals surface area contributed by atoms with E-state index in [1.54, 1.807) is 0 Å². The lowest BCUT2D eigenvalue weighted by Gasteiger charge is -2.35. The van der Waals surface area contributed by atoms with Crippen molar-refractivity contribution in [1.82, 2.24) is 0 Å². The van der Waals surface area contributed by atoms with Crippen LogP contribution in [0, 0.1) is 12.7 Å². The molecule has 24 heavy (non-hydrogen) atoms. The number of rotatable bonds is 3. The minimum absolute atomic E-state index is 0.156. The summed E-state index contributed by atoms with van der Waals surface area (Å²) in [5.74, 6) is -0.580. The van der Waals surface area contributed by atoms with Gasteiger partial charge in [0.2, 0.25) is 5.91 Å². The van der Waals surface area contributed by atoms with Crippen molar-refractivity contribution in [2.45, 2.75) is 32.7 Å². The number of aryl methyl sites for hydroxylation is 2. The van der Waals surface area contributed by atoms with Crippen LogP contribution >= 0.6 is 11.6 Å². The van der Waals surface area contributed by atoms with Crippen LogP contribution < -0.4 is 10.2 Å². The molecule has 2 aromatic carbocycles. The number of nitrogens with zero attached hydrogens (tertiary/aromatic N) is 1. The van der Waals surface area contributed by atoms with E-state index in [4.69, 9.17) is 11.6 Å². The Morgan fingerprint density at radius 1 is 1.29 bits per heavy atom. The van der Waals surface area contributed by atoms with E-state index in [-0.39, 0.29) is 17.0 Å². The molecule has 0 saturated heterocycles. The second-order valence-corrected chi connectivity index (χ2v) is 6.63. The first kappa shape index (κ1) is 16.8. The number of nitrogens with one attached hydrogen (secondary N) is 1. The first-order chi connectivity index (χ1) is 11.5. The van der Waals surface area contributed by atoms with Crippen molar-refractivity contribution in [3.63, 3.8) is 0 Å². The minimum atomic E-state index is -0.425. The topological polar surface area (TPSA) is 32.3 Å². The Morgan fingerprint density at radius 2 is 2.08 bits per heavy atom. The Morgan fingerprint density at radius 3 is 2.83 bits per heavy atom. The van der Waals surface area contributed by atoms with Gasteiger partial charge in [-0.3, -0.25) is 4.79 Å². The molecule has 1 N–H and O–H groups in total. The SMILES string of the molecule is Cc1ccc2c(c1)CCCN2[C@@H](C)C(=O)Nc1ccc(F)cc1Cl. The normalized spacial score (nSPS) is 14.9. The summed E-state index contributed by atoms with van der Waals surface area (Å²) in [5.41, 5.74) is 4.04. The first-order valence-electron chi connectivity index (χ1n) is 8.08. The molecule has 5 heteroatoms. The third-order valence-electron chi connectivity index (χ3n) is 4.43. The molecule has 126 valence electrons.